The van der Waals surface area contributed by atoms with Crippen LogP contribution in [0.3, 0.4) is 0 Å². The zero-order valence-corrected chi connectivity index (χ0v) is 10.8. The summed E-state index contributed by atoms with van der Waals surface area (Å²) in [5.41, 5.74) is 0.916. The molecule has 0 unspecified atom stereocenters. The lowest BCUT2D eigenvalue weighted by Crippen LogP contribution is -2.30. The third kappa shape index (κ3) is 3.77. The molecule has 0 bridgehead atoms. The summed E-state index contributed by atoms with van der Waals surface area (Å²) in [6.07, 6.45) is 1.55. The highest BCUT2D eigenvalue weighted by molar-refractivity contribution is 9.10. The number of aromatic nitrogens is 1. The van der Waals surface area contributed by atoms with Crippen LogP contribution in [0.15, 0.2) is 16.7 Å². The van der Waals surface area contributed by atoms with Gasteiger partial charge in [-0.2, -0.15) is 13.1 Å². The van der Waals surface area contributed by atoms with E-state index in [1.165, 1.54) is 0 Å². The molecule has 7 heteroatoms. The van der Waals surface area contributed by atoms with E-state index in [-0.39, 0.29) is 0 Å². The van der Waals surface area contributed by atoms with Gasteiger partial charge in [-0.1, -0.05) is 6.92 Å². The lowest BCUT2D eigenvalue weighted by atomic mass is 10.3. The minimum absolute atomic E-state index is 0.302. The molecule has 1 rings (SSSR count). The molecule has 1 heterocycles. The quantitative estimate of drug-likeness (QED) is 0.882. The van der Waals surface area contributed by atoms with Gasteiger partial charge < -0.3 is 0 Å². The SMILES string of the molecule is CCNS(=O)(=O)Nc1cc(C)c(Br)cn1. The van der Waals surface area contributed by atoms with Crippen molar-refractivity contribution in [2.24, 2.45) is 0 Å². The molecule has 0 radical (unpaired) electrons. The largest absolute Gasteiger partial charge is 0.300 e. The van der Waals surface area contributed by atoms with E-state index in [2.05, 4.69) is 30.4 Å². The van der Waals surface area contributed by atoms with Crippen molar-refractivity contribution in [2.75, 3.05) is 11.3 Å². The number of halogens is 1. The lowest BCUT2D eigenvalue weighted by molar-refractivity contribution is 0.589. The Labute approximate surface area is 97.6 Å². The highest BCUT2D eigenvalue weighted by atomic mass is 79.9. The van der Waals surface area contributed by atoms with Gasteiger partial charge in [0.2, 0.25) is 0 Å². The van der Waals surface area contributed by atoms with Crippen LogP contribution >= 0.6 is 15.9 Å². The first-order valence-electron chi connectivity index (χ1n) is 4.34. The summed E-state index contributed by atoms with van der Waals surface area (Å²) < 4.78 is 28.1. The van der Waals surface area contributed by atoms with Gasteiger partial charge in [-0.25, -0.2) is 4.98 Å². The van der Waals surface area contributed by atoms with Crippen molar-refractivity contribution in [3.05, 3.63) is 22.3 Å². The van der Waals surface area contributed by atoms with Crippen LogP contribution in [-0.2, 0) is 10.2 Å². The Bertz CT molecular complexity index is 447. The van der Waals surface area contributed by atoms with Crippen LogP contribution in [0.2, 0.25) is 0 Å². The first kappa shape index (κ1) is 12.4. The maximum Gasteiger partial charge on any atom is 0.300 e. The topological polar surface area (TPSA) is 71.1 Å². The van der Waals surface area contributed by atoms with E-state index in [1.807, 2.05) is 6.92 Å². The second kappa shape index (κ2) is 4.91. The van der Waals surface area contributed by atoms with Crippen LogP contribution in [0.25, 0.3) is 0 Å². The Morgan fingerprint density at radius 1 is 1.53 bits per heavy atom. The molecule has 0 fully saturated rings. The molecule has 0 spiro atoms. The van der Waals surface area contributed by atoms with E-state index in [4.69, 9.17) is 0 Å². The zero-order chi connectivity index (χ0) is 11.5. The summed E-state index contributed by atoms with van der Waals surface area (Å²) in [6.45, 7) is 3.90. The minimum Gasteiger partial charge on any atom is -0.255 e. The molecule has 15 heavy (non-hydrogen) atoms. The third-order valence-electron chi connectivity index (χ3n) is 1.62. The molecular formula is C8H12BrN3O2S. The molecule has 1 aromatic heterocycles. The van der Waals surface area contributed by atoms with Crippen molar-refractivity contribution in [3.8, 4) is 0 Å². The number of nitrogens with zero attached hydrogens (tertiary/aromatic N) is 1. The fourth-order valence-corrected chi connectivity index (χ4v) is 2.01. The molecule has 1 aromatic rings. The fraction of sp³-hybridized carbons (Fsp3) is 0.375. The van der Waals surface area contributed by atoms with E-state index in [9.17, 15) is 8.42 Å². The zero-order valence-electron chi connectivity index (χ0n) is 8.41. The summed E-state index contributed by atoms with van der Waals surface area (Å²) in [6, 6.07) is 1.65. The molecule has 0 atom stereocenters. The van der Waals surface area contributed by atoms with Gasteiger partial charge in [-0.3, -0.25) is 4.72 Å². The lowest BCUT2D eigenvalue weighted by Gasteiger charge is -2.07. The van der Waals surface area contributed by atoms with Crippen LogP contribution in [0.1, 0.15) is 12.5 Å². The van der Waals surface area contributed by atoms with E-state index in [0.717, 1.165) is 10.0 Å². The van der Waals surface area contributed by atoms with Gasteiger partial charge in [-0.05, 0) is 34.5 Å². The fourth-order valence-electron chi connectivity index (χ4n) is 0.959. The Kier molecular flexibility index (Phi) is 4.06. The van der Waals surface area contributed by atoms with E-state index in [1.54, 1.807) is 19.2 Å². The summed E-state index contributed by atoms with van der Waals surface area (Å²) in [5, 5.41) is 0. The van der Waals surface area contributed by atoms with Gasteiger partial charge in [-0.15, -0.1) is 0 Å². The molecule has 0 aliphatic carbocycles. The van der Waals surface area contributed by atoms with Crippen LogP contribution in [0.5, 0.6) is 0 Å². The number of hydrogen-bond donors (Lipinski definition) is 2. The monoisotopic (exact) mass is 293 g/mol. The van der Waals surface area contributed by atoms with Gasteiger partial charge in [0.05, 0.1) is 0 Å². The standard InChI is InChI=1S/C8H12BrN3O2S/c1-3-11-15(13,14)12-8-4-6(2)7(9)5-10-8/h4-5,11H,3H2,1-2H3,(H,10,12). The van der Waals surface area contributed by atoms with Crippen LogP contribution in [0, 0.1) is 6.92 Å². The average molecular weight is 294 g/mol. The number of anilines is 1. The van der Waals surface area contributed by atoms with Crippen molar-refractivity contribution in [1.82, 2.24) is 9.71 Å². The van der Waals surface area contributed by atoms with Crippen molar-refractivity contribution in [1.29, 1.82) is 0 Å². The highest BCUT2D eigenvalue weighted by Gasteiger charge is 2.09. The first-order valence-corrected chi connectivity index (χ1v) is 6.62. The predicted molar refractivity (Wildman–Crippen MR) is 62.9 cm³/mol. The molecular weight excluding hydrogens is 282 g/mol. The number of aryl methyl sites for hydroxylation is 1. The number of nitrogens with one attached hydrogen (secondary N) is 2. The highest BCUT2D eigenvalue weighted by Crippen LogP contribution is 2.17. The molecule has 0 aliphatic rings. The average Bonchev–Trinajstić information content (AvgIpc) is 2.10. The summed E-state index contributed by atoms with van der Waals surface area (Å²) in [7, 11) is -3.49. The molecule has 2 N–H and O–H groups in total. The Balaban J connectivity index is 2.86. The Hall–Kier alpha value is -0.660. The van der Waals surface area contributed by atoms with E-state index < -0.39 is 10.2 Å². The Morgan fingerprint density at radius 2 is 2.20 bits per heavy atom. The summed E-state index contributed by atoms with van der Waals surface area (Å²) in [5.74, 6) is 0.302. The van der Waals surface area contributed by atoms with E-state index >= 15 is 0 Å². The van der Waals surface area contributed by atoms with Crippen molar-refractivity contribution < 1.29 is 8.42 Å². The number of rotatable bonds is 4. The first-order chi connectivity index (χ1) is 6.94. The number of hydrogen-bond acceptors (Lipinski definition) is 3. The second-order valence-electron chi connectivity index (χ2n) is 2.92. The smallest absolute Gasteiger partial charge is 0.255 e. The van der Waals surface area contributed by atoms with Gasteiger partial charge in [0.1, 0.15) is 5.82 Å². The number of pyridine rings is 1. The van der Waals surface area contributed by atoms with Gasteiger partial charge in [0, 0.05) is 17.2 Å². The maximum absolute atomic E-state index is 11.3. The minimum atomic E-state index is -3.49. The summed E-state index contributed by atoms with van der Waals surface area (Å²) >= 11 is 3.28. The van der Waals surface area contributed by atoms with Crippen LogP contribution in [-0.4, -0.2) is 19.9 Å². The molecule has 0 aromatic carbocycles. The second-order valence-corrected chi connectivity index (χ2v) is 5.28. The third-order valence-corrected chi connectivity index (χ3v) is 3.60. The predicted octanol–water partition coefficient (Wildman–Crippen LogP) is 1.42. The summed E-state index contributed by atoms with van der Waals surface area (Å²) in [4.78, 5) is 3.93. The molecule has 84 valence electrons. The molecule has 5 nitrogen and oxygen atoms in total. The van der Waals surface area contributed by atoms with E-state index in [0.29, 0.717) is 12.4 Å². The van der Waals surface area contributed by atoms with Gasteiger partial charge in [0.15, 0.2) is 0 Å². The molecule has 0 saturated carbocycles. The van der Waals surface area contributed by atoms with Crippen LogP contribution < -0.4 is 9.44 Å². The maximum atomic E-state index is 11.3. The van der Waals surface area contributed by atoms with Crippen molar-refractivity contribution >= 4 is 32.0 Å². The Morgan fingerprint density at radius 3 is 2.73 bits per heavy atom. The molecule has 0 amide bonds. The molecule has 0 aliphatic heterocycles. The van der Waals surface area contributed by atoms with Gasteiger partial charge >= 0.3 is 0 Å². The van der Waals surface area contributed by atoms with Gasteiger partial charge in [0.25, 0.3) is 10.2 Å². The molecule has 0 saturated heterocycles. The van der Waals surface area contributed by atoms with Crippen molar-refractivity contribution in [3.63, 3.8) is 0 Å². The van der Waals surface area contributed by atoms with Crippen molar-refractivity contribution in [2.45, 2.75) is 13.8 Å². The normalized spacial score (nSPS) is 11.4. The van der Waals surface area contributed by atoms with Crippen LogP contribution in [0.4, 0.5) is 5.82 Å².